The molecule has 0 amide bonds. The molecule has 0 aliphatic carbocycles. The summed E-state index contributed by atoms with van der Waals surface area (Å²) in [6.45, 7) is 5.36. The van der Waals surface area contributed by atoms with Gasteiger partial charge in [-0.15, -0.1) is 0 Å². The minimum atomic E-state index is -0.827. The van der Waals surface area contributed by atoms with Crippen molar-refractivity contribution >= 4 is 22.8 Å². The number of carboxylic acid groups (broad SMARTS) is 1. The van der Waals surface area contributed by atoms with Gasteiger partial charge in [0.15, 0.2) is 0 Å². The Morgan fingerprint density at radius 1 is 1.21 bits per heavy atom. The van der Waals surface area contributed by atoms with Crippen molar-refractivity contribution in [3.63, 3.8) is 0 Å². The number of rotatable bonds is 4. The van der Waals surface area contributed by atoms with E-state index >= 15 is 0 Å². The van der Waals surface area contributed by atoms with Gasteiger partial charge in [-0.05, 0) is 32.9 Å². The lowest BCUT2D eigenvalue weighted by Crippen LogP contribution is -2.30. The number of para-hydroxylation sites is 2. The number of aromatic nitrogens is 2. The molecule has 1 aromatic heterocycles. The van der Waals surface area contributed by atoms with Gasteiger partial charge in [-0.3, -0.25) is 4.79 Å². The molecule has 0 saturated carbocycles. The zero-order valence-electron chi connectivity index (χ0n) is 11.2. The standard InChI is InChI=1S/C14H17N3O2/c1-8(14(18)19)9(2)16-13-10(3)15-11-6-4-5-7-12(11)17-13/h4-9H,1-3H3,(H,16,17)(H,18,19). The van der Waals surface area contributed by atoms with Gasteiger partial charge in [0.25, 0.3) is 0 Å². The Kier molecular flexibility index (Phi) is 3.64. The SMILES string of the molecule is Cc1nc2ccccc2nc1NC(C)C(C)C(=O)O. The van der Waals surface area contributed by atoms with Gasteiger partial charge in [0.2, 0.25) is 0 Å². The number of benzene rings is 1. The maximum atomic E-state index is 11.0. The molecule has 2 unspecified atom stereocenters. The largest absolute Gasteiger partial charge is 0.481 e. The highest BCUT2D eigenvalue weighted by Crippen LogP contribution is 2.18. The fourth-order valence-electron chi connectivity index (χ4n) is 1.78. The van der Waals surface area contributed by atoms with E-state index in [0.29, 0.717) is 5.82 Å². The predicted octanol–water partition coefficient (Wildman–Crippen LogP) is 2.46. The van der Waals surface area contributed by atoms with E-state index in [9.17, 15) is 4.79 Å². The van der Waals surface area contributed by atoms with Gasteiger partial charge in [0.05, 0.1) is 22.6 Å². The van der Waals surface area contributed by atoms with Crippen molar-refractivity contribution in [3.05, 3.63) is 30.0 Å². The van der Waals surface area contributed by atoms with Gasteiger partial charge < -0.3 is 10.4 Å². The van der Waals surface area contributed by atoms with E-state index in [1.54, 1.807) is 6.92 Å². The Morgan fingerprint density at radius 2 is 1.79 bits per heavy atom. The highest BCUT2D eigenvalue weighted by Gasteiger charge is 2.20. The van der Waals surface area contributed by atoms with E-state index in [-0.39, 0.29) is 6.04 Å². The third kappa shape index (κ3) is 2.81. The Balaban J connectivity index is 2.30. The highest BCUT2D eigenvalue weighted by molar-refractivity contribution is 5.76. The Labute approximate surface area is 111 Å². The van der Waals surface area contributed by atoms with Crippen LogP contribution in [-0.2, 0) is 4.79 Å². The molecule has 5 nitrogen and oxygen atoms in total. The van der Waals surface area contributed by atoms with Gasteiger partial charge >= 0.3 is 5.97 Å². The fourth-order valence-corrected chi connectivity index (χ4v) is 1.78. The molecule has 1 aromatic carbocycles. The maximum absolute atomic E-state index is 11.0. The Morgan fingerprint density at radius 3 is 2.37 bits per heavy atom. The van der Waals surface area contributed by atoms with Crippen LogP contribution >= 0.6 is 0 Å². The number of aryl methyl sites for hydroxylation is 1. The fraction of sp³-hybridized carbons (Fsp3) is 0.357. The summed E-state index contributed by atoms with van der Waals surface area (Å²) < 4.78 is 0. The van der Waals surface area contributed by atoms with Crippen LogP contribution in [0.15, 0.2) is 24.3 Å². The zero-order valence-corrected chi connectivity index (χ0v) is 11.2. The molecular formula is C14H17N3O2. The van der Waals surface area contributed by atoms with E-state index in [1.807, 2.05) is 38.1 Å². The number of fused-ring (bicyclic) bond motifs is 1. The number of nitrogens with one attached hydrogen (secondary N) is 1. The van der Waals surface area contributed by atoms with Gasteiger partial charge in [-0.25, -0.2) is 9.97 Å². The van der Waals surface area contributed by atoms with Crippen LogP contribution in [0, 0.1) is 12.8 Å². The normalized spacial score (nSPS) is 14.1. The van der Waals surface area contributed by atoms with Gasteiger partial charge in [-0.2, -0.15) is 0 Å². The van der Waals surface area contributed by atoms with Crippen molar-refractivity contribution in [3.8, 4) is 0 Å². The number of aliphatic carboxylic acids is 1. The van der Waals surface area contributed by atoms with Crippen LogP contribution < -0.4 is 5.32 Å². The number of hydrogen-bond acceptors (Lipinski definition) is 4. The summed E-state index contributed by atoms with van der Waals surface area (Å²) in [5.74, 6) is -0.682. The number of nitrogens with zero attached hydrogens (tertiary/aromatic N) is 2. The number of carboxylic acids is 1. The smallest absolute Gasteiger partial charge is 0.308 e. The van der Waals surface area contributed by atoms with Crippen molar-refractivity contribution in [2.75, 3.05) is 5.32 Å². The summed E-state index contributed by atoms with van der Waals surface area (Å²) in [4.78, 5) is 19.9. The minimum absolute atomic E-state index is 0.216. The second-order valence-electron chi connectivity index (χ2n) is 4.71. The predicted molar refractivity (Wildman–Crippen MR) is 74.2 cm³/mol. The molecule has 2 rings (SSSR count). The summed E-state index contributed by atoms with van der Waals surface area (Å²) in [5.41, 5.74) is 2.40. The maximum Gasteiger partial charge on any atom is 0.308 e. The van der Waals surface area contributed by atoms with Gasteiger partial charge in [-0.1, -0.05) is 12.1 Å². The molecule has 0 saturated heterocycles. The summed E-state index contributed by atoms with van der Waals surface area (Å²) in [6.07, 6.45) is 0. The molecule has 0 aliphatic heterocycles. The lowest BCUT2D eigenvalue weighted by molar-refractivity contribution is -0.141. The molecular weight excluding hydrogens is 242 g/mol. The van der Waals surface area contributed by atoms with Crippen molar-refractivity contribution in [2.24, 2.45) is 5.92 Å². The van der Waals surface area contributed by atoms with Gasteiger partial charge in [0.1, 0.15) is 5.82 Å². The molecule has 2 aromatic rings. The average molecular weight is 259 g/mol. The van der Waals surface area contributed by atoms with Crippen LogP contribution in [0.2, 0.25) is 0 Å². The van der Waals surface area contributed by atoms with Crippen molar-refractivity contribution in [1.29, 1.82) is 0 Å². The molecule has 2 N–H and O–H groups in total. The lowest BCUT2D eigenvalue weighted by atomic mass is 10.0. The molecule has 100 valence electrons. The summed E-state index contributed by atoms with van der Waals surface area (Å²) >= 11 is 0. The Hall–Kier alpha value is -2.17. The first-order valence-corrected chi connectivity index (χ1v) is 6.21. The summed E-state index contributed by atoms with van der Waals surface area (Å²) in [5, 5.41) is 12.1. The molecule has 5 heteroatoms. The van der Waals surface area contributed by atoms with Crippen LogP contribution in [0.5, 0.6) is 0 Å². The monoisotopic (exact) mass is 259 g/mol. The molecule has 0 aliphatic rings. The molecule has 1 heterocycles. The first kappa shape index (κ1) is 13.3. The number of anilines is 1. The van der Waals surface area contributed by atoms with E-state index in [4.69, 9.17) is 5.11 Å². The lowest BCUT2D eigenvalue weighted by Gasteiger charge is -2.19. The quantitative estimate of drug-likeness (QED) is 0.882. The first-order chi connectivity index (χ1) is 8.99. The first-order valence-electron chi connectivity index (χ1n) is 6.21. The van der Waals surface area contributed by atoms with Gasteiger partial charge in [0, 0.05) is 6.04 Å². The summed E-state index contributed by atoms with van der Waals surface area (Å²) in [7, 11) is 0. The van der Waals surface area contributed by atoms with E-state index < -0.39 is 11.9 Å². The number of hydrogen-bond donors (Lipinski definition) is 2. The molecule has 0 fully saturated rings. The third-order valence-corrected chi connectivity index (χ3v) is 3.25. The summed E-state index contributed by atoms with van der Waals surface area (Å²) in [6, 6.07) is 7.39. The van der Waals surface area contributed by atoms with Crippen LogP contribution in [-0.4, -0.2) is 27.1 Å². The van der Waals surface area contributed by atoms with Crippen LogP contribution in [0.25, 0.3) is 11.0 Å². The highest BCUT2D eigenvalue weighted by atomic mass is 16.4. The molecule has 0 bridgehead atoms. The topological polar surface area (TPSA) is 75.1 Å². The van der Waals surface area contributed by atoms with E-state index in [0.717, 1.165) is 16.7 Å². The zero-order chi connectivity index (χ0) is 14.0. The van der Waals surface area contributed by atoms with E-state index in [2.05, 4.69) is 15.3 Å². The molecule has 19 heavy (non-hydrogen) atoms. The minimum Gasteiger partial charge on any atom is -0.481 e. The second-order valence-corrected chi connectivity index (χ2v) is 4.71. The number of carbonyl (C=O) groups is 1. The molecule has 0 spiro atoms. The van der Waals surface area contributed by atoms with Crippen molar-refractivity contribution < 1.29 is 9.90 Å². The van der Waals surface area contributed by atoms with Crippen molar-refractivity contribution in [2.45, 2.75) is 26.8 Å². The van der Waals surface area contributed by atoms with Crippen LogP contribution in [0.1, 0.15) is 19.5 Å². The molecule has 2 atom stereocenters. The van der Waals surface area contributed by atoms with Crippen LogP contribution in [0.4, 0.5) is 5.82 Å². The molecule has 0 radical (unpaired) electrons. The third-order valence-electron chi connectivity index (χ3n) is 3.25. The van der Waals surface area contributed by atoms with Crippen LogP contribution in [0.3, 0.4) is 0 Å². The van der Waals surface area contributed by atoms with Crippen molar-refractivity contribution in [1.82, 2.24) is 9.97 Å². The second kappa shape index (κ2) is 5.22. The average Bonchev–Trinajstić information content (AvgIpc) is 2.38. The Bertz CT molecular complexity index is 613. The van der Waals surface area contributed by atoms with E-state index in [1.165, 1.54) is 0 Å².